The predicted octanol–water partition coefficient (Wildman–Crippen LogP) is 4.93. The molecule has 166 valence electrons. The van der Waals surface area contributed by atoms with E-state index in [0.717, 1.165) is 41.8 Å². The molecule has 7 heteroatoms. The van der Waals surface area contributed by atoms with Crippen LogP contribution in [0.25, 0.3) is 0 Å². The van der Waals surface area contributed by atoms with Gasteiger partial charge in [-0.3, -0.25) is 9.69 Å². The van der Waals surface area contributed by atoms with Gasteiger partial charge in [0, 0.05) is 29.2 Å². The van der Waals surface area contributed by atoms with Crippen LogP contribution in [-0.4, -0.2) is 40.1 Å². The molecule has 1 aliphatic carbocycles. The fraction of sp³-hybridized carbons (Fsp3) is 0.360. The van der Waals surface area contributed by atoms with E-state index in [1.165, 1.54) is 16.9 Å². The van der Waals surface area contributed by atoms with Crippen LogP contribution in [-0.2, 0) is 10.2 Å². The molecule has 2 aromatic carbocycles. The van der Waals surface area contributed by atoms with E-state index in [9.17, 15) is 9.90 Å². The lowest BCUT2D eigenvalue weighted by molar-refractivity contribution is -0.118. The van der Waals surface area contributed by atoms with Crippen molar-refractivity contribution in [3.63, 3.8) is 0 Å². The first-order valence-corrected chi connectivity index (χ1v) is 12.2. The molecular formula is C25H26ClN3O2S. The van der Waals surface area contributed by atoms with E-state index in [1.54, 1.807) is 0 Å². The summed E-state index contributed by atoms with van der Waals surface area (Å²) in [6.07, 6.45) is 3.94. The minimum absolute atomic E-state index is 0.00754. The summed E-state index contributed by atoms with van der Waals surface area (Å²) in [4.78, 5) is 20.9. The molecule has 5 rings (SSSR count). The summed E-state index contributed by atoms with van der Waals surface area (Å²) in [6, 6.07) is 15.9. The lowest BCUT2D eigenvalue weighted by Crippen LogP contribution is -2.28. The second kappa shape index (κ2) is 8.60. The Balaban J connectivity index is 1.39. The first-order valence-electron chi connectivity index (χ1n) is 11.0. The Morgan fingerprint density at radius 2 is 2.00 bits per heavy atom. The van der Waals surface area contributed by atoms with E-state index in [2.05, 4.69) is 46.4 Å². The Morgan fingerprint density at radius 3 is 2.66 bits per heavy atom. The van der Waals surface area contributed by atoms with Gasteiger partial charge in [-0.15, -0.1) is 0 Å². The summed E-state index contributed by atoms with van der Waals surface area (Å²) in [5.74, 6) is 0.00754. The molecule has 3 aromatic rings. The molecule has 2 N–H and O–H groups in total. The largest absolute Gasteiger partial charge is 0.392 e. The number of aryl methyl sites for hydroxylation is 1. The number of hydrogen-bond donors (Lipinski definition) is 2. The van der Waals surface area contributed by atoms with Crippen molar-refractivity contribution in [3.8, 4) is 0 Å². The maximum absolute atomic E-state index is 13.2. The second-order valence-corrected chi connectivity index (χ2v) is 10.3. The zero-order valence-electron chi connectivity index (χ0n) is 17.9. The van der Waals surface area contributed by atoms with E-state index in [4.69, 9.17) is 11.6 Å². The fourth-order valence-corrected chi connectivity index (χ4v) is 5.77. The van der Waals surface area contributed by atoms with Crippen LogP contribution in [0.15, 0.2) is 54.7 Å². The van der Waals surface area contributed by atoms with Crippen LogP contribution in [0.2, 0.25) is 5.02 Å². The number of hydrogen-bond acceptors (Lipinski definition) is 5. The van der Waals surface area contributed by atoms with Gasteiger partial charge in [-0.1, -0.05) is 71.0 Å². The maximum atomic E-state index is 13.2. The van der Waals surface area contributed by atoms with E-state index in [-0.39, 0.29) is 18.1 Å². The number of nitrogens with one attached hydrogen (secondary N) is 1. The van der Waals surface area contributed by atoms with E-state index in [0.29, 0.717) is 16.7 Å². The highest BCUT2D eigenvalue weighted by Crippen LogP contribution is 2.49. The third kappa shape index (κ3) is 4.08. The number of amides is 1. The number of halogens is 1. The molecule has 5 nitrogen and oxygen atoms in total. The van der Waals surface area contributed by atoms with Crippen LogP contribution in [0.3, 0.4) is 0 Å². The third-order valence-corrected chi connectivity index (χ3v) is 7.87. The number of nitrogens with zero attached hydrogens (tertiary/aromatic N) is 2. The van der Waals surface area contributed by atoms with Gasteiger partial charge in [-0.25, -0.2) is 4.98 Å². The van der Waals surface area contributed by atoms with Gasteiger partial charge in [0.15, 0.2) is 5.13 Å². The molecule has 0 bridgehead atoms. The molecule has 2 aliphatic rings. The summed E-state index contributed by atoms with van der Waals surface area (Å²) in [5.41, 5.74) is 2.80. The Hall–Kier alpha value is -2.25. The molecule has 1 saturated heterocycles. The summed E-state index contributed by atoms with van der Waals surface area (Å²) in [5, 5.41) is 14.5. The normalized spacial score (nSPS) is 20.8. The Morgan fingerprint density at radius 1 is 1.25 bits per heavy atom. The number of thiazole rings is 1. The molecule has 1 saturated carbocycles. The van der Waals surface area contributed by atoms with Crippen molar-refractivity contribution >= 4 is 34.0 Å². The van der Waals surface area contributed by atoms with Crippen LogP contribution < -0.4 is 5.32 Å². The molecule has 1 aliphatic heterocycles. The van der Waals surface area contributed by atoms with Crippen molar-refractivity contribution in [2.45, 2.75) is 43.7 Å². The fourth-order valence-electron chi connectivity index (χ4n) is 4.56. The zero-order valence-corrected chi connectivity index (χ0v) is 19.5. The number of benzene rings is 2. The minimum atomic E-state index is -0.444. The number of carbonyl (C=O) groups is 1. The van der Waals surface area contributed by atoms with Gasteiger partial charge >= 0.3 is 0 Å². The third-order valence-electron chi connectivity index (χ3n) is 6.56. The highest BCUT2D eigenvalue weighted by atomic mass is 35.5. The van der Waals surface area contributed by atoms with Gasteiger partial charge in [0.25, 0.3) is 0 Å². The van der Waals surface area contributed by atoms with Crippen molar-refractivity contribution in [2.24, 2.45) is 0 Å². The molecule has 0 spiro atoms. The number of aliphatic hydroxyl groups is 1. The van der Waals surface area contributed by atoms with Gasteiger partial charge < -0.3 is 10.4 Å². The first kappa shape index (κ1) is 21.6. The number of carbonyl (C=O) groups excluding carboxylic acids is 1. The molecule has 2 fully saturated rings. The summed E-state index contributed by atoms with van der Waals surface area (Å²) < 4.78 is 0. The van der Waals surface area contributed by atoms with Crippen LogP contribution in [0, 0.1) is 6.92 Å². The average molecular weight is 468 g/mol. The Labute approximate surface area is 197 Å². The first-order chi connectivity index (χ1) is 15.5. The molecule has 32 heavy (non-hydrogen) atoms. The van der Waals surface area contributed by atoms with Gasteiger partial charge in [-0.05, 0) is 43.4 Å². The zero-order chi connectivity index (χ0) is 22.3. The van der Waals surface area contributed by atoms with Gasteiger partial charge in [0.2, 0.25) is 5.91 Å². The van der Waals surface area contributed by atoms with Crippen molar-refractivity contribution in [2.75, 3.05) is 18.4 Å². The van der Waals surface area contributed by atoms with Crippen molar-refractivity contribution in [1.82, 2.24) is 9.88 Å². The Bertz CT molecular complexity index is 1130. The molecule has 2 atom stereocenters. The lowest BCUT2D eigenvalue weighted by Gasteiger charge is -2.27. The maximum Gasteiger partial charge on any atom is 0.236 e. The number of β-amino-alcohol motifs (C(OH)–C–C–N with tert-alkyl or cyclic N) is 1. The quantitative estimate of drug-likeness (QED) is 0.539. The smallest absolute Gasteiger partial charge is 0.236 e. The van der Waals surface area contributed by atoms with E-state index < -0.39 is 5.41 Å². The number of aliphatic hydroxyl groups excluding tert-OH is 1. The van der Waals surface area contributed by atoms with Gasteiger partial charge in [0.1, 0.15) is 0 Å². The molecule has 2 heterocycles. The lowest BCUT2D eigenvalue weighted by atomic mass is 9.94. The van der Waals surface area contributed by atoms with Crippen LogP contribution >= 0.6 is 22.9 Å². The van der Waals surface area contributed by atoms with Gasteiger partial charge in [0.05, 0.1) is 17.6 Å². The molecule has 0 radical (unpaired) electrons. The highest BCUT2D eigenvalue weighted by molar-refractivity contribution is 7.15. The van der Waals surface area contributed by atoms with Crippen LogP contribution in [0.5, 0.6) is 0 Å². The summed E-state index contributed by atoms with van der Waals surface area (Å²) >= 11 is 8.02. The monoisotopic (exact) mass is 467 g/mol. The summed E-state index contributed by atoms with van der Waals surface area (Å²) in [7, 11) is 0. The highest BCUT2D eigenvalue weighted by Gasteiger charge is 2.51. The van der Waals surface area contributed by atoms with E-state index >= 15 is 0 Å². The van der Waals surface area contributed by atoms with E-state index in [1.807, 2.05) is 30.5 Å². The van der Waals surface area contributed by atoms with Crippen LogP contribution in [0.4, 0.5) is 5.13 Å². The number of likely N-dealkylation sites (tertiary alicyclic amines) is 1. The standard InChI is InChI=1S/C25H26ClN3O2S/c1-16-6-8-17(9-7-16)25(11-12-25)23(31)28-24-27-14-21(32-24)22(29-13-10-18(30)15-29)19-4-2-3-5-20(19)26/h2-9,14,18,22,30H,10-13,15H2,1H3,(H,27,28,31)/t18-,22?/m1/s1. The Kier molecular flexibility index (Phi) is 5.80. The SMILES string of the molecule is Cc1ccc(C2(C(=O)Nc3ncc(C(c4ccccc4Cl)N4CC[C@@H](O)C4)s3)CC2)cc1. The second-order valence-electron chi connectivity index (χ2n) is 8.83. The van der Waals surface area contributed by atoms with Crippen molar-refractivity contribution < 1.29 is 9.90 Å². The number of rotatable bonds is 6. The molecule has 1 unspecified atom stereocenters. The minimum Gasteiger partial charge on any atom is -0.392 e. The number of aromatic nitrogens is 1. The van der Waals surface area contributed by atoms with Gasteiger partial charge in [-0.2, -0.15) is 0 Å². The van der Waals surface area contributed by atoms with Crippen molar-refractivity contribution in [1.29, 1.82) is 0 Å². The molecule has 1 amide bonds. The van der Waals surface area contributed by atoms with Crippen LogP contribution in [0.1, 0.15) is 46.9 Å². The summed E-state index contributed by atoms with van der Waals surface area (Å²) in [6.45, 7) is 3.43. The molecule has 1 aromatic heterocycles. The molecular weight excluding hydrogens is 442 g/mol. The average Bonchev–Trinajstić information content (AvgIpc) is 3.30. The predicted molar refractivity (Wildman–Crippen MR) is 128 cm³/mol. The topological polar surface area (TPSA) is 65.5 Å². The number of anilines is 1. The van der Waals surface area contributed by atoms with Crippen molar-refractivity contribution in [3.05, 3.63) is 81.3 Å².